The Morgan fingerprint density at radius 2 is 1.85 bits per heavy atom. The third-order valence-electron chi connectivity index (χ3n) is 3.71. The van der Waals surface area contributed by atoms with Gasteiger partial charge in [0.2, 0.25) is 0 Å². The monoisotopic (exact) mass is 266 g/mol. The number of aromatic nitrogens is 2. The molecule has 0 aliphatic carbocycles. The summed E-state index contributed by atoms with van der Waals surface area (Å²) in [5, 5.41) is 9.44. The van der Waals surface area contributed by atoms with Gasteiger partial charge >= 0.3 is 0 Å². The smallest absolute Gasteiger partial charge is 0.140 e. The van der Waals surface area contributed by atoms with Crippen molar-refractivity contribution in [2.24, 2.45) is 0 Å². The van der Waals surface area contributed by atoms with Gasteiger partial charge in [-0.3, -0.25) is 0 Å². The highest BCUT2D eigenvalue weighted by molar-refractivity contribution is 5.51. The molecule has 0 radical (unpaired) electrons. The van der Waals surface area contributed by atoms with Crippen LogP contribution >= 0.6 is 0 Å². The molecule has 102 valence electrons. The first-order chi connectivity index (χ1) is 9.79. The van der Waals surface area contributed by atoms with Crippen molar-refractivity contribution in [3.63, 3.8) is 0 Å². The van der Waals surface area contributed by atoms with E-state index in [0.29, 0.717) is 0 Å². The molecule has 1 N–H and O–H groups in total. The van der Waals surface area contributed by atoms with Crippen LogP contribution in [0.3, 0.4) is 0 Å². The summed E-state index contributed by atoms with van der Waals surface area (Å²) in [6.07, 6.45) is 3.92. The number of rotatable bonds is 4. The number of aliphatic hydroxyl groups excluding tert-OH is 1. The van der Waals surface area contributed by atoms with Gasteiger partial charge in [-0.1, -0.05) is 36.4 Å². The Kier molecular flexibility index (Phi) is 3.52. The van der Waals surface area contributed by atoms with E-state index in [1.807, 2.05) is 29.7 Å². The standard InChI is InChI=1S/C17H18N2O/c1-13-16(12-20)19-11-5-8-15(17(19)18-13)10-9-14-6-3-2-4-7-14/h2-8,11,20H,9-10,12H2,1H3. The maximum Gasteiger partial charge on any atom is 0.140 e. The number of hydrogen-bond acceptors (Lipinski definition) is 2. The Bertz CT molecular complexity index is 716. The van der Waals surface area contributed by atoms with Crippen LogP contribution in [0.5, 0.6) is 0 Å². The summed E-state index contributed by atoms with van der Waals surface area (Å²) in [7, 11) is 0. The van der Waals surface area contributed by atoms with E-state index in [1.165, 1.54) is 11.1 Å². The zero-order valence-corrected chi connectivity index (χ0v) is 11.6. The van der Waals surface area contributed by atoms with Crippen molar-refractivity contribution in [1.82, 2.24) is 9.38 Å². The zero-order chi connectivity index (χ0) is 13.9. The van der Waals surface area contributed by atoms with Crippen molar-refractivity contribution in [3.8, 4) is 0 Å². The topological polar surface area (TPSA) is 37.5 Å². The van der Waals surface area contributed by atoms with Crippen molar-refractivity contribution in [1.29, 1.82) is 0 Å². The average molecular weight is 266 g/mol. The molecule has 3 rings (SSSR count). The Morgan fingerprint density at radius 1 is 1.05 bits per heavy atom. The summed E-state index contributed by atoms with van der Waals surface area (Å²) in [5.41, 5.74) is 5.30. The van der Waals surface area contributed by atoms with Gasteiger partial charge in [-0.25, -0.2) is 4.98 Å². The molecular weight excluding hydrogens is 248 g/mol. The predicted molar refractivity (Wildman–Crippen MR) is 79.7 cm³/mol. The summed E-state index contributed by atoms with van der Waals surface area (Å²) in [5.74, 6) is 0. The van der Waals surface area contributed by atoms with Gasteiger partial charge in [-0.15, -0.1) is 0 Å². The van der Waals surface area contributed by atoms with Gasteiger partial charge in [0.1, 0.15) is 5.65 Å². The second-order valence-electron chi connectivity index (χ2n) is 5.01. The van der Waals surface area contributed by atoms with Crippen LogP contribution in [-0.2, 0) is 19.4 Å². The number of nitrogens with zero attached hydrogens (tertiary/aromatic N) is 2. The van der Waals surface area contributed by atoms with Crippen LogP contribution in [0.15, 0.2) is 48.7 Å². The van der Waals surface area contributed by atoms with Crippen molar-refractivity contribution in [2.75, 3.05) is 0 Å². The SMILES string of the molecule is Cc1nc2c(CCc3ccccc3)cccn2c1CO. The Morgan fingerprint density at radius 3 is 2.60 bits per heavy atom. The van der Waals surface area contributed by atoms with Crippen LogP contribution in [-0.4, -0.2) is 14.5 Å². The molecule has 0 spiro atoms. The van der Waals surface area contributed by atoms with Crippen molar-refractivity contribution in [2.45, 2.75) is 26.4 Å². The first kappa shape index (κ1) is 12.9. The Hall–Kier alpha value is -2.13. The van der Waals surface area contributed by atoms with Gasteiger partial charge in [0.25, 0.3) is 0 Å². The highest BCUT2D eigenvalue weighted by Gasteiger charge is 2.10. The van der Waals surface area contributed by atoms with Crippen LogP contribution in [0.2, 0.25) is 0 Å². The summed E-state index contributed by atoms with van der Waals surface area (Å²) in [6.45, 7) is 1.97. The molecule has 0 aliphatic heterocycles. The third-order valence-corrected chi connectivity index (χ3v) is 3.71. The predicted octanol–water partition coefficient (Wildman–Crippen LogP) is 2.92. The molecule has 3 nitrogen and oxygen atoms in total. The quantitative estimate of drug-likeness (QED) is 0.788. The van der Waals surface area contributed by atoms with Gasteiger partial charge in [-0.05, 0) is 37.0 Å². The van der Waals surface area contributed by atoms with E-state index < -0.39 is 0 Å². The number of fused-ring (bicyclic) bond motifs is 1. The second-order valence-corrected chi connectivity index (χ2v) is 5.01. The molecule has 0 saturated carbocycles. The largest absolute Gasteiger partial charge is 0.390 e. The van der Waals surface area contributed by atoms with Crippen LogP contribution in [0.4, 0.5) is 0 Å². The van der Waals surface area contributed by atoms with Gasteiger partial charge in [-0.2, -0.15) is 0 Å². The van der Waals surface area contributed by atoms with Gasteiger partial charge in [0.15, 0.2) is 0 Å². The fourth-order valence-electron chi connectivity index (χ4n) is 2.60. The van der Waals surface area contributed by atoms with Crippen LogP contribution < -0.4 is 0 Å². The lowest BCUT2D eigenvalue weighted by molar-refractivity contribution is 0.275. The fraction of sp³-hybridized carbons (Fsp3) is 0.235. The molecule has 0 bridgehead atoms. The second kappa shape index (κ2) is 5.47. The van der Waals surface area contributed by atoms with Gasteiger partial charge in [0.05, 0.1) is 18.0 Å². The van der Waals surface area contributed by atoms with Crippen molar-refractivity contribution < 1.29 is 5.11 Å². The van der Waals surface area contributed by atoms with Crippen molar-refractivity contribution >= 4 is 5.65 Å². The molecule has 0 aliphatic rings. The van der Waals surface area contributed by atoms with E-state index in [4.69, 9.17) is 0 Å². The minimum atomic E-state index is 0.0230. The number of aliphatic hydroxyl groups is 1. The highest BCUT2D eigenvalue weighted by atomic mass is 16.3. The number of benzene rings is 1. The molecule has 0 unspecified atom stereocenters. The normalized spacial score (nSPS) is 11.1. The lowest BCUT2D eigenvalue weighted by atomic mass is 10.1. The van der Waals surface area contributed by atoms with E-state index in [2.05, 4.69) is 35.3 Å². The molecule has 2 aromatic heterocycles. The summed E-state index contributed by atoms with van der Waals surface area (Å²) in [6, 6.07) is 14.6. The number of imidazole rings is 1. The maximum absolute atomic E-state index is 9.44. The Labute approximate surface area is 118 Å². The van der Waals surface area contributed by atoms with E-state index in [0.717, 1.165) is 29.9 Å². The molecule has 3 heteroatoms. The Balaban J connectivity index is 1.92. The van der Waals surface area contributed by atoms with Crippen LogP contribution in [0.1, 0.15) is 22.5 Å². The first-order valence-electron chi connectivity index (χ1n) is 6.90. The maximum atomic E-state index is 9.44. The summed E-state index contributed by atoms with van der Waals surface area (Å²) in [4.78, 5) is 4.60. The molecule has 0 saturated heterocycles. The molecular formula is C17H18N2O. The minimum absolute atomic E-state index is 0.0230. The molecule has 1 aromatic carbocycles. The van der Waals surface area contributed by atoms with Crippen molar-refractivity contribution in [3.05, 3.63) is 71.2 Å². The molecule has 3 aromatic rings. The van der Waals surface area contributed by atoms with E-state index in [9.17, 15) is 5.11 Å². The van der Waals surface area contributed by atoms with E-state index >= 15 is 0 Å². The highest BCUT2D eigenvalue weighted by Crippen LogP contribution is 2.17. The molecule has 0 fully saturated rings. The lowest BCUT2D eigenvalue weighted by Crippen LogP contribution is -1.98. The van der Waals surface area contributed by atoms with E-state index in [1.54, 1.807) is 0 Å². The molecule has 2 heterocycles. The fourth-order valence-corrected chi connectivity index (χ4v) is 2.60. The van der Waals surface area contributed by atoms with E-state index in [-0.39, 0.29) is 6.61 Å². The number of pyridine rings is 1. The molecule has 0 amide bonds. The minimum Gasteiger partial charge on any atom is -0.390 e. The third kappa shape index (κ3) is 2.32. The average Bonchev–Trinajstić information content (AvgIpc) is 2.82. The van der Waals surface area contributed by atoms with Crippen LogP contribution in [0.25, 0.3) is 5.65 Å². The lowest BCUT2D eigenvalue weighted by Gasteiger charge is -2.05. The number of aryl methyl sites for hydroxylation is 3. The molecule has 20 heavy (non-hydrogen) atoms. The van der Waals surface area contributed by atoms with Crippen LogP contribution in [0, 0.1) is 6.92 Å². The zero-order valence-electron chi connectivity index (χ0n) is 11.6. The number of hydrogen-bond donors (Lipinski definition) is 1. The van der Waals surface area contributed by atoms with Gasteiger partial charge in [0, 0.05) is 6.20 Å². The molecule has 0 atom stereocenters. The summed E-state index contributed by atoms with van der Waals surface area (Å²) < 4.78 is 2.00. The van der Waals surface area contributed by atoms with Gasteiger partial charge < -0.3 is 9.51 Å². The first-order valence-corrected chi connectivity index (χ1v) is 6.90. The summed E-state index contributed by atoms with van der Waals surface area (Å²) >= 11 is 0.